The molecule has 10 heteroatoms. The van der Waals surface area contributed by atoms with Gasteiger partial charge in [0.15, 0.2) is 17.5 Å². The lowest BCUT2D eigenvalue weighted by Gasteiger charge is -2.14. The Morgan fingerprint density at radius 3 is 2.44 bits per heavy atom. The maximum Gasteiger partial charge on any atom is 0.203 e. The van der Waals surface area contributed by atoms with Crippen molar-refractivity contribution in [3.63, 3.8) is 0 Å². The standard InChI is InChI=1S/C22H34N6O3.HI/c1-5-23-22(24-11-10-20-27-26-19-9-7-6-8-12-28(19)20)25-15-16-13-17(29-2)21(31-4)18(14-16)30-3;/h13-14H,5-12,15H2,1-4H3,(H2,23,24,25);1H. The van der Waals surface area contributed by atoms with Gasteiger partial charge in [0.1, 0.15) is 11.6 Å². The molecule has 2 heterocycles. The number of nitrogens with zero attached hydrogens (tertiary/aromatic N) is 4. The zero-order chi connectivity index (χ0) is 22.1. The quantitative estimate of drug-likeness (QED) is 0.278. The Hall–Kier alpha value is -2.24. The minimum atomic E-state index is 0. The van der Waals surface area contributed by atoms with E-state index in [2.05, 4.69) is 32.3 Å². The molecule has 0 fully saturated rings. The molecule has 0 amide bonds. The number of benzene rings is 1. The van der Waals surface area contributed by atoms with E-state index in [0.717, 1.165) is 55.6 Å². The second kappa shape index (κ2) is 13.3. The predicted octanol–water partition coefficient (Wildman–Crippen LogP) is 2.95. The molecule has 0 radical (unpaired) electrons. The zero-order valence-corrected chi connectivity index (χ0v) is 21.8. The van der Waals surface area contributed by atoms with Crippen molar-refractivity contribution in [2.75, 3.05) is 34.4 Å². The fourth-order valence-corrected chi connectivity index (χ4v) is 3.76. The van der Waals surface area contributed by atoms with Crippen molar-refractivity contribution < 1.29 is 14.2 Å². The van der Waals surface area contributed by atoms with Gasteiger partial charge < -0.3 is 29.4 Å². The number of aliphatic imine (C=N–C) groups is 1. The van der Waals surface area contributed by atoms with E-state index >= 15 is 0 Å². The van der Waals surface area contributed by atoms with Crippen molar-refractivity contribution in [3.05, 3.63) is 29.3 Å². The van der Waals surface area contributed by atoms with Crippen LogP contribution in [0.4, 0.5) is 0 Å². The van der Waals surface area contributed by atoms with Gasteiger partial charge >= 0.3 is 0 Å². The zero-order valence-electron chi connectivity index (χ0n) is 19.4. The van der Waals surface area contributed by atoms with Crippen LogP contribution in [0.1, 0.15) is 43.4 Å². The Balaban J connectivity index is 0.00000363. The summed E-state index contributed by atoms with van der Waals surface area (Å²) in [6.45, 7) is 5.06. The highest BCUT2D eigenvalue weighted by molar-refractivity contribution is 14.0. The van der Waals surface area contributed by atoms with E-state index in [1.165, 1.54) is 19.3 Å². The summed E-state index contributed by atoms with van der Waals surface area (Å²) in [6, 6.07) is 3.83. The smallest absolute Gasteiger partial charge is 0.203 e. The Morgan fingerprint density at radius 2 is 1.78 bits per heavy atom. The third-order valence-electron chi connectivity index (χ3n) is 5.32. The molecule has 9 nitrogen and oxygen atoms in total. The Labute approximate surface area is 207 Å². The average Bonchev–Trinajstić information content (AvgIpc) is 3.02. The van der Waals surface area contributed by atoms with E-state index in [0.29, 0.717) is 23.8 Å². The Morgan fingerprint density at radius 1 is 1.03 bits per heavy atom. The van der Waals surface area contributed by atoms with E-state index in [1.54, 1.807) is 21.3 Å². The van der Waals surface area contributed by atoms with Gasteiger partial charge in [-0.2, -0.15) is 0 Å². The van der Waals surface area contributed by atoms with E-state index < -0.39 is 0 Å². The third-order valence-corrected chi connectivity index (χ3v) is 5.32. The van der Waals surface area contributed by atoms with Gasteiger partial charge in [0.2, 0.25) is 5.75 Å². The Bertz CT molecular complexity index is 862. The van der Waals surface area contributed by atoms with Gasteiger partial charge in [0, 0.05) is 32.5 Å². The highest BCUT2D eigenvalue weighted by atomic mass is 127. The summed E-state index contributed by atoms with van der Waals surface area (Å²) in [5.74, 6) is 4.75. The summed E-state index contributed by atoms with van der Waals surface area (Å²) in [6.07, 6.45) is 5.50. The molecular weight excluding hydrogens is 523 g/mol. The van der Waals surface area contributed by atoms with Crippen LogP contribution in [0.25, 0.3) is 0 Å². The SMILES string of the molecule is CCNC(=NCc1cc(OC)c(OC)c(OC)c1)NCCc1nnc2n1CCCCC2.I. The lowest BCUT2D eigenvalue weighted by molar-refractivity contribution is 0.324. The van der Waals surface area contributed by atoms with Crippen LogP contribution in [0.2, 0.25) is 0 Å². The molecule has 3 rings (SSSR count). The van der Waals surface area contributed by atoms with E-state index in [-0.39, 0.29) is 24.0 Å². The van der Waals surface area contributed by atoms with Crippen LogP contribution < -0.4 is 24.8 Å². The Kier molecular flexibility index (Phi) is 10.8. The molecule has 178 valence electrons. The summed E-state index contributed by atoms with van der Waals surface area (Å²) in [4.78, 5) is 4.71. The normalized spacial score (nSPS) is 13.4. The van der Waals surface area contributed by atoms with Crippen LogP contribution in [-0.4, -0.2) is 55.1 Å². The average molecular weight is 558 g/mol. The summed E-state index contributed by atoms with van der Waals surface area (Å²) < 4.78 is 18.5. The molecule has 1 aromatic carbocycles. The van der Waals surface area contributed by atoms with Crippen LogP contribution in [0, 0.1) is 0 Å². The van der Waals surface area contributed by atoms with Crippen molar-refractivity contribution in [2.45, 2.75) is 52.1 Å². The van der Waals surface area contributed by atoms with Crippen molar-refractivity contribution in [1.82, 2.24) is 25.4 Å². The fourth-order valence-electron chi connectivity index (χ4n) is 3.76. The van der Waals surface area contributed by atoms with Crippen LogP contribution in [-0.2, 0) is 25.9 Å². The first-order valence-corrected chi connectivity index (χ1v) is 10.9. The minimum absolute atomic E-state index is 0. The molecule has 0 aliphatic carbocycles. The van der Waals surface area contributed by atoms with Crippen molar-refractivity contribution >= 4 is 29.9 Å². The molecular formula is C22H35IN6O3. The highest BCUT2D eigenvalue weighted by Crippen LogP contribution is 2.38. The maximum atomic E-state index is 5.43. The molecule has 2 N–H and O–H groups in total. The van der Waals surface area contributed by atoms with Gasteiger partial charge in [-0.15, -0.1) is 34.2 Å². The number of hydrogen-bond acceptors (Lipinski definition) is 6. The number of guanidine groups is 1. The molecule has 2 aromatic rings. The molecule has 1 aliphatic heterocycles. The monoisotopic (exact) mass is 558 g/mol. The number of ether oxygens (including phenoxy) is 3. The minimum Gasteiger partial charge on any atom is -0.493 e. The third kappa shape index (κ3) is 6.63. The first kappa shape index (κ1) is 26.0. The fraction of sp³-hybridized carbons (Fsp3) is 0.591. The maximum absolute atomic E-state index is 5.43. The summed E-state index contributed by atoms with van der Waals surface area (Å²) in [5.41, 5.74) is 0.967. The molecule has 32 heavy (non-hydrogen) atoms. The van der Waals surface area contributed by atoms with Gasteiger partial charge in [-0.05, 0) is 37.5 Å². The lowest BCUT2D eigenvalue weighted by Crippen LogP contribution is -2.38. The molecule has 0 bridgehead atoms. The van der Waals surface area contributed by atoms with Gasteiger partial charge in [-0.25, -0.2) is 4.99 Å². The van der Waals surface area contributed by atoms with Crippen LogP contribution in [0.15, 0.2) is 17.1 Å². The van der Waals surface area contributed by atoms with Gasteiger partial charge in [0.05, 0.1) is 27.9 Å². The predicted molar refractivity (Wildman–Crippen MR) is 136 cm³/mol. The molecule has 0 saturated carbocycles. The summed E-state index contributed by atoms with van der Waals surface area (Å²) >= 11 is 0. The number of aryl methyl sites for hydroxylation is 1. The summed E-state index contributed by atoms with van der Waals surface area (Å²) in [7, 11) is 4.82. The van der Waals surface area contributed by atoms with Gasteiger partial charge in [-0.3, -0.25) is 0 Å². The lowest BCUT2D eigenvalue weighted by atomic mass is 10.2. The molecule has 0 spiro atoms. The van der Waals surface area contributed by atoms with E-state index in [4.69, 9.17) is 19.2 Å². The number of nitrogens with one attached hydrogen (secondary N) is 2. The molecule has 0 atom stereocenters. The number of aromatic nitrogens is 3. The molecule has 1 aliphatic rings. The number of rotatable bonds is 9. The number of methoxy groups -OCH3 is 3. The number of halogens is 1. The molecule has 0 unspecified atom stereocenters. The van der Waals surface area contributed by atoms with Crippen LogP contribution in [0.5, 0.6) is 17.2 Å². The second-order valence-corrected chi connectivity index (χ2v) is 7.40. The molecule has 0 saturated heterocycles. The number of fused-ring (bicyclic) bond motifs is 1. The molecule has 1 aromatic heterocycles. The van der Waals surface area contributed by atoms with Crippen molar-refractivity contribution in [3.8, 4) is 17.2 Å². The van der Waals surface area contributed by atoms with Crippen LogP contribution in [0.3, 0.4) is 0 Å². The van der Waals surface area contributed by atoms with Gasteiger partial charge in [-0.1, -0.05) is 6.42 Å². The largest absolute Gasteiger partial charge is 0.493 e. The highest BCUT2D eigenvalue weighted by Gasteiger charge is 2.15. The van der Waals surface area contributed by atoms with Gasteiger partial charge in [0.25, 0.3) is 0 Å². The topological polar surface area (TPSA) is 94.8 Å². The van der Waals surface area contributed by atoms with Crippen LogP contribution >= 0.6 is 24.0 Å². The van der Waals surface area contributed by atoms with Crippen molar-refractivity contribution in [2.24, 2.45) is 4.99 Å². The van der Waals surface area contributed by atoms with E-state index in [9.17, 15) is 0 Å². The number of hydrogen-bond donors (Lipinski definition) is 2. The van der Waals surface area contributed by atoms with E-state index in [1.807, 2.05) is 12.1 Å². The van der Waals surface area contributed by atoms with Crippen molar-refractivity contribution in [1.29, 1.82) is 0 Å². The second-order valence-electron chi connectivity index (χ2n) is 7.40. The summed E-state index contributed by atoms with van der Waals surface area (Å²) in [5, 5.41) is 15.5. The first-order valence-electron chi connectivity index (χ1n) is 10.9. The first-order chi connectivity index (χ1) is 15.2.